The molecule has 0 bridgehead atoms. The van der Waals surface area contributed by atoms with Crippen LogP contribution in [0.5, 0.6) is 0 Å². The normalized spacial score (nSPS) is 15.5. The van der Waals surface area contributed by atoms with E-state index in [-0.39, 0.29) is 5.71 Å². The first kappa shape index (κ1) is 7.60. The lowest BCUT2D eigenvalue weighted by Gasteiger charge is -1.95. The maximum absolute atomic E-state index is 10.9. The number of rotatable bonds is 1. The summed E-state index contributed by atoms with van der Waals surface area (Å²) in [6.07, 6.45) is 3.18. The van der Waals surface area contributed by atoms with Crippen LogP contribution in [0.2, 0.25) is 0 Å². The summed E-state index contributed by atoms with van der Waals surface area (Å²) in [5, 5.41) is 11.1. The van der Waals surface area contributed by atoms with Gasteiger partial charge >= 0.3 is 0 Å². The van der Waals surface area contributed by atoms with Gasteiger partial charge in [0.25, 0.3) is 5.91 Å². The van der Waals surface area contributed by atoms with Gasteiger partial charge in [0.2, 0.25) is 0 Å². The number of nitrogens with zero attached hydrogens (tertiary/aromatic N) is 2. The average Bonchev–Trinajstić information content (AvgIpc) is 2.49. The van der Waals surface area contributed by atoms with E-state index in [9.17, 15) is 4.79 Å². The van der Waals surface area contributed by atoms with Gasteiger partial charge in [0.1, 0.15) is 11.4 Å². The topological polar surface area (TPSA) is 78.2 Å². The standard InChI is InChI=1S/C8H6N4O/c9-6-7(11-12-8(6)13)5-1-3-10-4-2-5/h1-4H,(H2,9,12,13). The molecule has 0 saturated carbocycles. The summed E-state index contributed by atoms with van der Waals surface area (Å²) in [6.45, 7) is 0. The van der Waals surface area contributed by atoms with E-state index >= 15 is 0 Å². The molecule has 2 heterocycles. The Balaban J connectivity index is 2.39. The highest BCUT2D eigenvalue weighted by atomic mass is 16.2. The Morgan fingerprint density at radius 1 is 1.31 bits per heavy atom. The van der Waals surface area contributed by atoms with Gasteiger partial charge < -0.3 is 0 Å². The zero-order chi connectivity index (χ0) is 9.26. The van der Waals surface area contributed by atoms with E-state index in [0.717, 1.165) is 5.56 Å². The first-order valence-corrected chi connectivity index (χ1v) is 3.66. The minimum atomic E-state index is -0.466. The molecule has 0 radical (unpaired) electrons. The molecule has 0 aliphatic carbocycles. The lowest BCUT2D eigenvalue weighted by molar-refractivity contribution is -0.114. The fourth-order valence-electron chi connectivity index (χ4n) is 1.04. The predicted molar refractivity (Wildman–Crippen MR) is 46.6 cm³/mol. The van der Waals surface area contributed by atoms with Crippen LogP contribution in [-0.2, 0) is 4.79 Å². The van der Waals surface area contributed by atoms with Gasteiger partial charge in [-0.25, -0.2) is 5.43 Å². The molecule has 0 unspecified atom stereocenters. The van der Waals surface area contributed by atoms with Crippen molar-refractivity contribution in [2.45, 2.75) is 0 Å². The van der Waals surface area contributed by atoms with E-state index in [1.807, 2.05) is 0 Å². The molecule has 1 aromatic rings. The Labute approximate surface area is 74.0 Å². The molecule has 2 rings (SSSR count). The number of pyridine rings is 1. The van der Waals surface area contributed by atoms with Crippen LogP contribution in [0.4, 0.5) is 0 Å². The third-order valence-electron chi connectivity index (χ3n) is 1.69. The highest BCUT2D eigenvalue weighted by Crippen LogP contribution is 2.04. The number of carbonyl (C=O) groups is 1. The van der Waals surface area contributed by atoms with E-state index in [4.69, 9.17) is 5.41 Å². The van der Waals surface area contributed by atoms with Gasteiger partial charge in [-0.15, -0.1) is 0 Å². The minimum absolute atomic E-state index is 0.105. The molecule has 1 aliphatic rings. The third kappa shape index (κ3) is 1.20. The second-order valence-electron chi connectivity index (χ2n) is 2.51. The largest absolute Gasteiger partial charge is 0.293 e. The van der Waals surface area contributed by atoms with Crippen LogP contribution < -0.4 is 5.43 Å². The number of hydrogen-bond donors (Lipinski definition) is 2. The van der Waals surface area contributed by atoms with Crippen molar-refractivity contribution in [2.24, 2.45) is 5.10 Å². The number of nitrogens with one attached hydrogen (secondary N) is 2. The molecule has 0 spiro atoms. The lowest BCUT2D eigenvalue weighted by Crippen LogP contribution is -2.22. The molecule has 1 aliphatic heterocycles. The number of carbonyl (C=O) groups excluding carboxylic acids is 1. The Morgan fingerprint density at radius 2 is 2.00 bits per heavy atom. The van der Waals surface area contributed by atoms with Gasteiger partial charge in [0.05, 0.1) is 0 Å². The molecule has 5 nitrogen and oxygen atoms in total. The van der Waals surface area contributed by atoms with Crippen molar-refractivity contribution in [3.05, 3.63) is 30.1 Å². The second kappa shape index (κ2) is 2.78. The molecule has 1 amide bonds. The van der Waals surface area contributed by atoms with Crippen molar-refractivity contribution in [1.29, 1.82) is 5.41 Å². The van der Waals surface area contributed by atoms with Gasteiger partial charge in [0.15, 0.2) is 0 Å². The molecule has 0 atom stereocenters. The summed E-state index contributed by atoms with van der Waals surface area (Å²) >= 11 is 0. The summed E-state index contributed by atoms with van der Waals surface area (Å²) in [7, 11) is 0. The Kier molecular flexibility index (Phi) is 1.63. The van der Waals surface area contributed by atoms with Crippen LogP contribution in [0.3, 0.4) is 0 Å². The van der Waals surface area contributed by atoms with Gasteiger partial charge in [0, 0.05) is 18.0 Å². The van der Waals surface area contributed by atoms with Crippen molar-refractivity contribution in [1.82, 2.24) is 10.4 Å². The van der Waals surface area contributed by atoms with Crippen LogP contribution in [0.15, 0.2) is 29.6 Å². The van der Waals surface area contributed by atoms with Crippen molar-refractivity contribution >= 4 is 17.3 Å². The van der Waals surface area contributed by atoms with E-state index in [1.54, 1.807) is 24.5 Å². The zero-order valence-electron chi connectivity index (χ0n) is 6.61. The third-order valence-corrected chi connectivity index (χ3v) is 1.69. The molecule has 64 valence electrons. The minimum Gasteiger partial charge on any atom is -0.293 e. The zero-order valence-corrected chi connectivity index (χ0v) is 6.61. The fraction of sp³-hybridized carbons (Fsp3) is 0. The smallest absolute Gasteiger partial charge is 0.291 e. The summed E-state index contributed by atoms with van der Waals surface area (Å²) in [6, 6.07) is 3.40. The Morgan fingerprint density at radius 3 is 2.54 bits per heavy atom. The molecule has 0 fully saturated rings. The van der Waals surface area contributed by atoms with Crippen molar-refractivity contribution in [2.75, 3.05) is 0 Å². The molecule has 13 heavy (non-hydrogen) atoms. The van der Waals surface area contributed by atoms with Crippen LogP contribution in [0, 0.1) is 5.41 Å². The van der Waals surface area contributed by atoms with E-state index in [1.165, 1.54) is 0 Å². The maximum Gasteiger partial charge on any atom is 0.291 e. The predicted octanol–water partition coefficient (Wildman–Crippen LogP) is -0.0647. The number of amides is 1. The SMILES string of the molecule is N=C1C(=O)NN=C1c1ccncc1. The maximum atomic E-state index is 10.9. The number of hydrogen-bond acceptors (Lipinski definition) is 4. The molecule has 1 aromatic heterocycles. The van der Waals surface area contributed by atoms with Gasteiger partial charge in [-0.1, -0.05) is 0 Å². The summed E-state index contributed by atoms with van der Waals surface area (Å²) in [4.78, 5) is 14.7. The van der Waals surface area contributed by atoms with Crippen LogP contribution in [-0.4, -0.2) is 22.3 Å². The second-order valence-corrected chi connectivity index (χ2v) is 2.51. The van der Waals surface area contributed by atoms with E-state index < -0.39 is 5.91 Å². The molecule has 2 N–H and O–H groups in total. The average molecular weight is 174 g/mol. The molecular weight excluding hydrogens is 168 g/mol. The highest BCUT2D eigenvalue weighted by molar-refractivity contribution is 6.70. The number of aromatic nitrogens is 1. The lowest BCUT2D eigenvalue weighted by atomic mass is 10.1. The first-order valence-electron chi connectivity index (χ1n) is 3.66. The van der Waals surface area contributed by atoms with E-state index in [2.05, 4.69) is 15.5 Å². The molecule has 0 aromatic carbocycles. The van der Waals surface area contributed by atoms with Gasteiger partial charge in [-0.3, -0.25) is 15.2 Å². The molecular formula is C8H6N4O. The first-order chi connectivity index (χ1) is 6.29. The van der Waals surface area contributed by atoms with Crippen LogP contribution in [0.25, 0.3) is 0 Å². The van der Waals surface area contributed by atoms with Crippen molar-refractivity contribution in [3.8, 4) is 0 Å². The van der Waals surface area contributed by atoms with E-state index in [0.29, 0.717) is 5.71 Å². The fourth-order valence-corrected chi connectivity index (χ4v) is 1.04. The van der Waals surface area contributed by atoms with Crippen LogP contribution in [0.1, 0.15) is 5.56 Å². The van der Waals surface area contributed by atoms with Gasteiger partial charge in [-0.2, -0.15) is 5.10 Å². The quantitative estimate of drug-likeness (QED) is 0.625. The van der Waals surface area contributed by atoms with Crippen molar-refractivity contribution in [3.63, 3.8) is 0 Å². The highest BCUT2D eigenvalue weighted by Gasteiger charge is 2.23. The summed E-state index contributed by atoms with van der Waals surface area (Å²) in [5.74, 6) is -0.466. The Hall–Kier alpha value is -2.04. The van der Waals surface area contributed by atoms with Crippen molar-refractivity contribution < 1.29 is 4.79 Å². The van der Waals surface area contributed by atoms with Crippen LogP contribution >= 0.6 is 0 Å². The monoisotopic (exact) mass is 174 g/mol. The summed E-state index contributed by atoms with van der Waals surface area (Å²) < 4.78 is 0. The number of hydrazone groups is 1. The molecule has 5 heteroatoms. The van der Waals surface area contributed by atoms with Gasteiger partial charge in [-0.05, 0) is 12.1 Å². The summed E-state index contributed by atoms with van der Waals surface area (Å²) in [5.41, 5.74) is 3.21. The Bertz CT molecular complexity index is 396. The molecule has 0 saturated heterocycles.